The van der Waals surface area contributed by atoms with Crippen LogP contribution < -0.4 is 16.0 Å². The number of hydrogen-bond donors (Lipinski definition) is 2. The molecule has 1 aliphatic rings. The molecule has 0 aromatic heterocycles. The topological polar surface area (TPSA) is 84.7 Å². The summed E-state index contributed by atoms with van der Waals surface area (Å²) in [5.41, 5.74) is 7.67. The summed E-state index contributed by atoms with van der Waals surface area (Å²) in [5.74, 6) is -0.416. The number of nitrogens with one attached hydrogen (secondary N) is 1. The van der Waals surface area contributed by atoms with E-state index < -0.39 is 5.97 Å². The molecule has 3 N–H and O–H groups in total. The molecule has 0 aliphatic carbocycles. The summed E-state index contributed by atoms with van der Waals surface area (Å²) in [4.78, 5) is 25.3. The van der Waals surface area contributed by atoms with Crippen molar-refractivity contribution in [2.45, 2.75) is 19.9 Å². The molecular weight excluding hydrogens is 258 g/mol. The van der Waals surface area contributed by atoms with Gasteiger partial charge in [0.05, 0.1) is 23.5 Å². The number of hydrogen-bond acceptors (Lipinski definition) is 5. The lowest BCUT2D eigenvalue weighted by Gasteiger charge is -2.35. The van der Waals surface area contributed by atoms with E-state index in [4.69, 9.17) is 10.5 Å². The standard InChI is InChI=1S/C14H19N3O3/c1-3-20-14(19)10-4-5-12(11(15)8-10)17-7-6-16-13(18)9(17)2/h4-5,8-9H,3,6-7,15H2,1-2H3,(H,16,18). The molecule has 6 nitrogen and oxygen atoms in total. The van der Waals surface area contributed by atoms with Crippen LogP contribution in [0.25, 0.3) is 0 Å². The van der Waals surface area contributed by atoms with Crippen LogP contribution in [0.15, 0.2) is 18.2 Å². The first kappa shape index (κ1) is 14.2. The van der Waals surface area contributed by atoms with Gasteiger partial charge < -0.3 is 20.7 Å². The Morgan fingerprint density at radius 3 is 2.95 bits per heavy atom. The first-order valence-corrected chi connectivity index (χ1v) is 6.65. The SMILES string of the molecule is CCOC(=O)c1ccc(N2CCNC(=O)C2C)c(N)c1. The van der Waals surface area contributed by atoms with Gasteiger partial charge in [0.25, 0.3) is 0 Å². The molecule has 1 aliphatic heterocycles. The van der Waals surface area contributed by atoms with E-state index in [1.807, 2.05) is 11.8 Å². The Hall–Kier alpha value is -2.24. The molecule has 0 radical (unpaired) electrons. The van der Waals surface area contributed by atoms with Crippen molar-refractivity contribution >= 4 is 23.3 Å². The molecule has 0 saturated carbocycles. The van der Waals surface area contributed by atoms with Crippen LogP contribution >= 0.6 is 0 Å². The number of piperazine rings is 1. The predicted molar refractivity (Wildman–Crippen MR) is 76.6 cm³/mol. The third kappa shape index (κ3) is 2.68. The third-order valence-electron chi connectivity index (χ3n) is 3.35. The number of carbonyl (C=O) groups excluding carboxylic acids is 2. The fraction of sp³-hybridized carbons (Fsp3) is 0.429. The van der Waals surface area contributed by atoms with E-state index in [1.54, 1.807) is 25.1 Å². The molecule has 1 saturated heterocycles. The van der Waals surface area contributed by atoms with Crippen LogP contribution in [0.4, 0.5) is 11.4 Å². The van der Waals surface area contributed by atoms with Crippen LogP contribution in [0.5, 0.6) is 0 Å². The van der Waals surface area contributed by atoms with Crippen molar-refractivity contribution in [3.05, 3.63) is 23.8 Å². The molecular formula is C14H19N3O3. The highest BCUT2D eigenvalue weighted by Crippen LogP contribution is 2.27. The van der Waals surface area contributed by atoms with Gasteiger partial charge in [0.2, 0.25) is 5.91 Å². The Balaban J connectivity index is 2.25. The first-order chi connectivity index (χ1) is 9.54. The average molecular weight is 277 g/mol. The number of rotatable bonds is 3. The van der Waals surface area contributed by atoms with Crippen LogP contribution in [-0.2, 0) is 9.53 Å². The van der Waals surface area contributed by atoms with Crippen LogP contribution in [-0.4, -0.2) is 37.6 Å². The zero-order chi connectivity index (χ0) is 14.7. The second kappa shape index (κ2) is 5.81. The van der Waals surface area contributed by atoms with E-state index in [1.165, 1.54) is 0 Å². The Morgan fingerprint density at radius 2 is 2.30 bits per heavy atom. The maximum absolute atomic E-state index is 11.7. The molecule has 2 rings (SSSR count). The molecule has 1 fully saturated rings. The van der Waals surface area contributed by atoms with Gasteiger partial charge in [0, 0.05) is 13.1 Å². The van der Waals surface area contributed by atoms with Crippen LogP contribution in [0, 0.1) is 0 Å². The molecule has 1 aromatic rings. The molecule has 1 atom stereocenters. The zero-order valence-electron chi connectivity index (χ0n) is 11.7. The summed E-state index contributed by atoms with van der Waals surface area (Å²) < 4.78 is 4.93. The van der Waals surface area contributed by atoms with Crippen molar-refractivity contribution in [1.82, 2.24) is 5.32 Å². The second-order valence-electron chi connectivity index (χ2n) is 4.65. The summed E-state index contributed by atoms with van der Waals surface area (Å²) in [7, 11) is 0. The Bertz CT molecular complexity index is 530. The van der Waals surface area contributed by atoms with Gasteiger partial charge in [0.1, 0.15) is 6.04 Å². The molecule has 1 amide bonds. The first-order valence-electron chi connectivity index (χ1n) is 6.65. The van der Waals surface area contributed by atoms with E-state index in [0.717, 1.165) is 5.69 Å². The van der Waals surface area contributed by atoms with Crippen LogP contribution in [0.2, 0.25) is 0 Å². The summed E-state index contributed by atoms with van der Waals surface area (Å²) in [6.07, 6.45) is 0. The molecule has 6 heteroatoms. The van der Waals surface area contributed by atoms with E-state index in [0.29, 0.717) is 30.9 Å². The van der Waals surface area contributed by atoms with Gasteiger partial charge in [-0.25, -0.2) is 4.79 Å². The molecule has 0 spiro atoms. The number of nitrogens with zero attached hydrogens (tertiary/aromatic N) is 1. The van der Waals surface area contributed by atoms with Gasteiger partial charge in [-0.05, 0) is 32.0 Å². The monoisotopic (exact) mass is 277 g/mol. The third-order valence-corrected chi connectivity index (χ3v) is 3.35. The van der Waals surface area contributed by atoms with Crippen molar-refractivity contribution in [1.29, 1.82) is 0 Å². The summed E-state index contributed by atoms with van der Waals surface area (Å²) in [5, 5.41) is 2.80. The van der Waals surface area contributed by atoms with Gasteiger partial charge in [-0.3, -0.25) is 4.79 Å². The lowest BCUT2D eigenvalue weighted by Crippen LogP contribution is -2.54. The highest BCUT2D eigenvalue weighted by atomic mass is 16.5. The largest absolute Gasteiger partial charge is 0.462 e. The highest BCUT2D eigenvalue weighted by Gasteiger charge is 2.27. The predicted octanol–water partition coefficient (Wildman–Crippen LogP) is 0.770. The average Bonchev–Trinajstić information content (AvgIpc) is 2.42. The lowest BCUT2D eigenvalue weighted by molar-refractivity contribution is -0.122. The van der Waals surface area contributed by atoms with Crippen LogP contribution in [0.1, 0.15) is 24.2 Å². The van der Waals surface area contributed by atoms with E-state index in [-0.39, 0.29) is 11.9 Å². The summed E-state index contributed by atoms with van der Waals surface area (Å²) >= 11 is 0. The van der Waals surface area contributed by atoms with Crippen molar-refractivity contribution in [2.24, 2.45) is 0 Å². The molecule has 0 bridgehead atoms. The molecule has 20 heavy (non-hydrogen) atoms. The van der Waals surface area contributed by atoms with Crippen molar-refractivity contribution in [3.8, 4) is 0 Å². The van der Waals surface area contributed by atoms with Crippen molar-refractivity contribution in [2.75, 3.05) is 30.3 Å². The number of benzene rings is 1. The number of anilines is 2. The number of nitrogens with two attached hydrogens (primary N) is 1. The second-order valence-corrected chi connectivity index (χ2v) is 4.65. The van der Waals surface area contributed by atoms with Gasteiger partial charge in [0.15, 0.2) is 0 Å². The van der Waals surface area contributed by atoms with Crippen LogP contribution in [0.3, 0.4) is 0 Å². The fourth-order valence-electron chi connectivity index (χ4n) is 2.27. The Morgan fingerprint density at radius 1 is 1.55 bits per heavy atom. The molecule has 1 aromatic carbocycles. The quantitative estimate of drug-likeness (QED) is 0.629. The normalized spacial score (nSPS) is 18.6. The molecule has 1 heterocycles. The van der Waals surface area contributed by atoms with E-state index in [2.05, 4.69) is 5.32 Å². The fourth-order valence-corrected chi connectivity index (χ4v) is 2.27. The Kier molecular flexibility index (Phi) is 4.12. The maximum Gasteiger partial charge on any atom is 0.338 e. The van der Waals surface area contributed by atoms with E-state index in [9.17, 15) is 9.59 Å². The van der Waals surface area contributed by atoms with Crippen molar-refractivity contribution in [3.63, 3.8) is 0 Å². The van der Waals surface area contributed by atoms with Gasteiger partial charge in [-0.2, -0.15) is 0 Å². The smallest absolute Gasteiger partial charge is 0.338 e. The zero-order valence-corrected chi connectivity index (χ0v) is 11.7. The Labute approximate surface area is 117 Å². The number of nitrogen functional groups attached to an aromatic ring is 1. The number of esters is 1. The summed E-state index contributed by atoms with van der Waals surface area (Å²) in [6.45, 7) is 5.18. The minimum atomic E-state index is -0.393. The molecule has 108 valence electrons. The minimum absolute atomic E-state index is 0.0230. The lowest BCUT2D eigenvalue weighted by atomic mass is 10.1. The minimum Gasteiger partial charge on any atom is -0.462 e. The van der Waals surface area contributed by atoms with Crippen molar-refractivity contribution < 1.29 is 14.3 Å². The van der Waals surface area contributed by atoms with Gasteiger partial charge >= 0.3 is 5.97 Å². The molecule has 1 unspecified atom stereocenters. The number of amides is 1. The summed E-state index contributed by atoms with van der Waals surface area (Å²) in [6, 6.07) is 4.74. The van der Waals surface area contributed by atoms with Gasteiger partial charge in [-0.15, -0.1) is 0 Å². The van der Waals surface area contributed by atoms with Gasteiger partial charge in [-0.1, -0.05) is 0 Å². The highest BCUT2D eigenvalue weighted by molar-refractivity contribution is 5.93. The van der Waals surface area contributed by atoms with E-state index >= 15 is 0 Å². The number of ether oxygens (including phenoxy) is 1. The maximum atomic E-state index is 11.7. The number of carbonyl (C=O) groups is 2.